The molecule has 35 heavy (non-hydrogen) atoms. The largest absolute Gasteiger partial charge is 0.508 e. The number of hydrogen-bond donors (Lipinski definition) is 5. The van der Waals surface area contributed by atoms with E-state index < -0.39 is 47.8 Å². The van der Waals surface area contributed by atoms with Crippen LogP contribution in [0, 0.1) is 5.92 Å². The van der Waals surface area contributed by atoms with Crippen molar-refractivity contribution >= 4 is 41.0 Å². The van der Waals surface area contributed by atoms with E-state index in [1.54, 1.807) is 32.9 Å². The SMILES string of the molecule is CCC(NC(=O)C(C)NC(=O)C(NC(=O)C(Cc1ccc(O)cc1)NC(C)=O)C(C)C)C(=O)CCl. The van der Waals surface area contributed by atoms with Gasteiger partial charge in [-0.3, -0.25) is 24.0 Å². The highest BCUT2D eigenvalue weighted by Gasteiger charge is 2.30. The number of alkyl halides is 1. The number of aromatic hydroxyl groups is 1. The van der Waals surface area contributed by atoms with E-state index in [2.05, 4.69) is 21.3 Å². The molecule has 0 fully saturated rings. The van der Waals surface area contributed by atoms with Crippen LogP contribution in [0.3, 0.4) is 0 Å². The first-order chi connectivity index (χ1) is 16.4. The number of carbonyl (C=O) groups is 5. The molecule has 4 amide bonds. The molecule has 1 rings (SSSR count). The van der Waals surface area contributed by atoms with E-state index in [-0.39, 0.29) is 29.8 Å². The lowest BCUT2D eigenvalue weighted by Crippen LogP contribution is -2.58. The van der Waals surface area contributed by atoms with Crippen LogP contribution in [0.15, 0.2) is 24.3 Å². The van der Waals surface area contributed by atoms with Crippen LogP contribution in [-0.2, 0) is 30.4 Å². The Morgan fingerprint density at radius 3 is 1.94 bits per heavy atom. The highest BCUT2D eigenvalue weighted by Crippen LogP contribution is 2.12. The van der Waals surface area contributed by atoms with Crippen LogP contribution in [0.2, 0.25) is 0 Å². The smallest absolute Gasteiger partial charge is 0.243 e. The van der Waals surface area contributed by atoms with Gasteiger partial charge in [-0.15, -0.1) is 11.6 Å². The molecule has 0 saturated heterocycles. The quantitative estimate of drug-likeness (QED) is 0.247. The number of amides is 4. The van der Waals surface area contributed by atoms with Gasteiger partial charge in [0.05, 0.1) is 11.9 Å². The second-order valence-electron chi connectivity index (χ2n) is 8.65. The molecule has 0 aliphatic carbocycles. The third kappa shape index (κ3) is 9.94. The molecule has 0 bridgehead atoms. The van der Waals surface area contributed by atoms with Crippen LogP contribution >= 0.6 is 11.6 Å². The zero-order valence-electron chi connectivity index (χ0n) is 20.7. The van der Waals surface area contributed by atoms with Gasteiger partial charge < -0.3 is 26.4 Å². The van der Waals surface area contributed by atoms with Crippen molar-refractivity contribution in [3.8, 4) is 5.75 Å². The Morgan fingerprint density at radius 2 is 1.46 bits per heavy atom. The number of hydrogen-bond acceptors (Lipinski definition) is 6. The Kier molecular flexibility index (Phi) is 12.2. The first-order valence-corrected chi connectivity index (χ1v) is 12.0. The maximum absolute atomic E-state index is 13.0. The average Bonchev–Trinajstić information content (AvgIpc) is 2.80. The number of Topliss-reactive ketones (excluding diaryl/α,β-unsaturated/α-hetero) is 1. The van der Waals surface area contributed by atoms with Gasteiger partial charge >= 0.3 is 0 Å². The summed E-state index contributed by atoms with van der Waals surface area (Å²) in [6.45, 7) is 7.94. The van der Waals surface area contributed by atoms with Crippen LogP contribution in [-0.4, -0.2) is 64.6 Å². The first-order valence-electron chi connectivity index (χ1n) is 11.4. The molecule has 0 aliphatic heterocycles. The van der Waals surface area contributed by atoms with Gasteiger partial charge in [0.15, 0.2) is 5.78 Å². The van der Waals surface area contributed by atoms with Gasteiger partial charge in [0.25, 0.3) is 0 Å². The lowest BCUT2D eigenvalue weighted by Gasteiger charge is -2.27. The van der Waals surface area contributed by atoms with Crippen LogP contribution in [0.5, 0.6) is 5.75 Å². The van der Waals surface area contributed by atoms with Crippen molar-refractivity contribution in [2.75, 3.05) is 5.88 Å². The summed E-state index contributed by atoms with van der Waals surface area (Å²) in [6.07, 6.45) is 0.498. The number of nitrogens with one attached hydrogen (secondary N) is 4. The van der Waals surface area contributed by atoms with E-state index in [1.165, 1.54) is 26.0 Å². The van der Waals surface area contributed by atoms with Crippen LogP contribution in [0.4, 0.5) is 0 Å². The summed E-state index contributed by atoms with van der Waals surface area (Å²) < 4.78 is 0. The topological polar surface area (TPSA) is 154 Å². The molecule has 11 heteroatoms. The Bertz CT molecular complexity index is 906. The molecular formula is C24H35ClN4O6. The average molecular weight is 511 g/mol. The van der Waals surface area contributed by atoms with E-state index in [0.29, 0.717) is 12.0 Å². The molecular weight excluding hydrogens is 476 g/mol. The first kappa shape index (κ1) is 29.9. The van der Waals surface area contributed by atoms with Crippen molar-refractivity contribution in [3.63, 3.8) is 0 Å². The predicted octanol–water partition coefficient (Wildman–Crippen LogP) is 0.788. The molecule has 0 saturated carbocycles. The van der Waals surface area contributed by atoms with Crippen molar-refractivity contribution in [2.24, 2.45) is 5.92 Å². The zero-order valence-corrected chi connectivity index (χ0v) is 21.4. The Balaban J connectivity index is 2.89. The summed E-state index contributed by atoms with van der Waals surface area (Å²) in [5, 5.41) is 19.8. The van der Waals surface area contributed by atoms with Gasteiger partial charge in [-0.1, -0.05) is 32.9 Å². The molecule has 4 unspecified atom stereocenters. The normalized spacial score (nSPS) is 14.3. The number of phenols is 1. The Morgan fingerprint density at radius 1 is 0.857 bits per heavy atom. The lowest BCUT2D eigenvalue weighted by molar-refractivity contribution is -0.134. The van der Waals surface area contributed by atoms with Gasteiger partial charge in [0.1, 0.15) is 23.9 Å². The minimum absolute atomic E-state index is 0.0706. The molecule has 0 heterocycles. The Labute approximate surface area is 210 Å². The van der Waals surface area contributed by atoms with Crippen molar-refractivity contribution in [1.82, 2.24) is 21.3 Å². The number of ketones is 1. The fraction of sp³-hybridized carbons (Fsp3) is 0.542. The number of rotatable bonds is 13. The van der Waals surface area contributed by atoms with E-state index in [9.17, 15) is 29.1 Å². The van der Waals surface area contributed by atoms with Crippen LogP contribution < -0.4 is 21.3 Å². The van der Waals surface area contributed by atoms with Crippen molar-refractivity contribution in [3.05, 3.63) is 29.8 Å². The van der Waals surface area contributed by atoms with Gasteiger partial charge in [-0.05, 0) is 37.0 Å². The standard InChI is InChI=1S/C24H35ClN4O6/c1-6-18(20(32)12-25)28-22(33)14(4)26-24(35)21(13(2)3)29-23(34)19(27-15(5)30)11-16-7-9-17(31)10-8-16/h7-10,13-14,18-19,21,31H,6,11-12H2,1-5H3,(H,26,35)(H,27,30)(H,28,33)(H,29,34). The van der Waals surface area contributed by atoms with Gasteiger partial charge in [0, 0.05) is 13.3 Å². The second-order valence-corrected chi connectivity index (χ2v) is 8.92. The highest BCUT2D eigenvalue weighted by molar-refractivity contribution is 6.28. The number of benzene rings is 1. The van der Waals surface area contributed by atoms with E-state index in [0.717, 1.165) is 0 Å². The molecule has 1 aromatic rings. The minimum atomic E-state index is -0.986. The molecule has 1 aromatic carbocycles. The third-order valence-corrected chi connectivity index (χ3v) is 5.58. The predicted molar refractivity (Wildman–Crippen MR) is 132 cm³/mol. The summed E-state index contributed by atoms with van der Waals surface area (Å²) in [7, 11) is 0. The molecule has 5 N–H and O–H groups in total. The molecule has 194 valence electrons. The fourth-order valence-electron chi connectivity index (χ4n) is 3.28. The second kappa shape index (κ2) is 14.3. The molecule has 10 nitrogen and oxygen atoms in total. The van der Waals surface area contributed by atoms with Crippen LogP contribution in [0.1, 0.15) is 46.6 Å². The van der Waals surface area contributed by atoms with E-state index >= 15 is 0 Å². The van der Waals surface area contributed by atoms with E-state index in [1.807, 2.05) is 0 Å². The maximum atomic E-state index is 13.0. The molecule has 0 spiro atoms. The lowest BCUT2D eigenvalue weighted by atomic mass is 10.0. The number of carbonyl (C=O) groups excluding carboxylic acids is 5. The summed E-state index contributed by atoms with van der Waals surface area (Å²) >= 11 is 5.56. The molecule has 0 aliphatic rings. The summed E-state index contributed by atoms with van der Waals surface area (Å²) in [5.74, 6) is -2.95. The monoisotopic (exact) mass is 510 g/mol. The summed E-state index contributed by atoms with van der Waals surface area (Å²) in [4.78, 5) is 61.9. The Hall–Kier alpha value is -3.14. The molecule has 4 atom stereocenters. The van der Waals surface area contributed by atoms with E-state index in [4.69, 9.17) is 11.6 Å². The van der Waals surface area contributed by atoms with Gasteiger partial charge in [0.2, 0.25) is 23.6 Å². The zero-order chi connectivity index (χ0) is 26.7. The maximum Gasteiger partial charge on any atom is 0.243 e. The minimum Gasteiger partial charge on any atom is -0.508 e. The van der Waals surface area contributed by atoms with Crippen LogP contribution in [0.25, 0.3) is 0 Å². The van der Waals surface area contributed by atoms with Crippen molar-refractivity contribution in [2.45, 2.75) is 71.6 Å². The third-order valence-electron chi connectivity index (χ3n) is 5.31. The van der Waals surface area contributed by atoms with Crippen molar-refractivity contribution in [1.29, 1.82) is 0 Å². The van der Waals surface area contributed by atoms with Gasteiger partial charge in [-0.2, -0.15) is 0 Å². The molecule has 0 aromatic heterocycles. The number of phenolic OH excluding ortho intramolecular Hbond substituents is 1. The summed E-state index contributed by atoms with van der Waals surface area (Å²) in [5.41, 5.74) is 0.699. The van der Waals surface area contributed by atoms with Gasteiger partial charge in [-0.25, -0.2) is 0 Å². The highest BCUT2D eigenvalue weighted by atomic mass is 35.5. The number of halogens is 1. The summed E-state index contributed by atoms with van der Waals surface area (Å²) in [6, 6.07) is 2.53. The molecule has 0 radical (unpaired) electrons. The van der Waals surface area contributed by atoms with Crippen molar-refractivity contribution < 1.29 is 29.1 Å². The fourth-order valence-corrected chi connectivity index (χ4v) is 3.47.